The Morgan fingerprint density at radius 1 is 1.17 bits per heavy atom. The van der Waals surface area contributed by atoms with Gasteiger partial charge in [0, 0.05) is 18.8 Å². The molecule has 1 amide bonds. The third-order valence-electron chi connectivity index (χ3n) is 4.18. The quantitative estimate of drug-likeness (QED) is 0.918. The molecular weight excluding hydrogens is 328 g/mol. The molecule has 128 valence electrons. The molecule has 0 aromatic heterocycles. The minimum absolute atomic E-state index is 0. The van der Waals surface area contributed by atoms with Crippen molar-refractivity contribution in [3.05, 3.63) is 53.6 Å². The lowest BCUT2D eigenvalue weighted by Crippen LogP contribution is -2.29. The Balaban J connectivity index is 0.00000208. The van der Waals surface area contributed by atoms with Crippen LogP contribution in [0.5, 0.6) is 11.5 Å². The van der Waals surface area contributed by atoms with Gasteiger partial charge in [0.15, 0.2) is 0 Å². The van der Waals surface area contributed by atoms with Gasteiger partial charge in [-0.1, -0.05) is 6.07 Å². The van der Waals surface area contributed by atoms with Crippen molar-refractivity contribution in [2.24, 2.45) is 5.73 Å². The average molecular weight is 349 g/mol. The highest BCUT2D eigenvalue weighted by Gasteiger charge is 2.20. The summed E-state index contributed by atoms with van der Waals surface area (Å²) in [6, 6.07) is 12.9. The lowest BCUT2D eigenvalue weighted by molar-refractivity contribution is 0.209. The fraction of sp³-hybridized carbons (Fsp3) is 0.278. The number of fused-ring (bicyclic) bond motifs is 1. The predicted octanol–water partition coefficient (Wildman–Crippen LogP) is 3.70. The predicted molar refractivity (Wildman–Crippen MR) is 96.4 cm³/mol. The summed E-state index contributed by atoms with van der Waals surface area (Å²) < 4.78 is 10.6. The molecule has 6 heteroatoms. The van der Waals surface area contributed by atoms with Crippen LogP contribution in [0.15, 0.2) is 42.5 Å². The number of methoxy groups -OCH3 is 1. The number of hydrogen-bond acceptors (Lipinski definition) is 4. The maximum absolute atomic E-state index is 12.3. The van der Waals surface area contributed by atoms with Crippen LogP contribution in [0.1, 0.15) is 23.6 Å². The van der Waals surface area contributed by atoms with Crippen molar-refractivity contribution in [2.45, 2.75) is 18.9 Å². The molecule has 0 saturated heterocycles. The van der Waals surface area contributed by atoms with Gasteiger partial charge in [0.2, 0.25) is 0 Å². The molecule has 1 aliphatic rings. The molecule has 1 aliphatic carbocycles. The molecule has 0 spiro atoms. The Hall–Kier alpha value is -2.24. The Labute approximate surface area is 147 Å². The highest BCUT2D eigenvalue weighted by atomic mass is 35.5. The van der Waals surface area contributed by atoms with Gasteiger partial charge in [-0.15, -0.1) is 12.4 Å². The minimum atomic E-state index is -0.443. The van der Waals surface area contributed by atoms with E-state index >= 15 is 0 Å². The van der Waals surface area contributed by atoms with E-state index in [1.165, 1.54) is 10.5 Å². The maximum atomic E-state index is 12.3. The zero-order valence-electron chi connectivity index (χ0n) is 13.7. The van der Waals surface area contributed by atoms with Crippen molar-refractivity contribution in [3.63, 3.8) is 0 Å². The molecule has 3 rings (SSSR count). The molecule has 2 N–H and O–H groups in total. The summed E-state index contributed by atoms with van der Waals surface area (Å²) in [4.78, 5) is 13.7. The fourth-order valence-corrected chi connectivity index (χ4v) is 2.76. The van der Waals surface area contributed by atoms with Crippen LogP contribution in [-0.4, -0.2) is 20.3 Å². The highest BCUT2D eigenvalue weighted by Crippen LogP contribution is 2.32. The van der Waals surface area contributed by atoms with Crippen molar-refractivity contribution in [1.82, 2.24) is 0 Å². The number of rotatable bonds is 3. The van der Waals surface area contributed by atoms with E-state index in [1.807, 2.05) is 18.2 Å². The van der Waals surface area contributed by atoms with Crippen LogP contribution in [0.25, 0.3) is 0 Å². The van der Waals surface area contributed by atoms with E-state index < -0.39 is 6.09 Å². The van der Waals surface area contributed by atoms with E-state index in [1.54, 1.807) is 38.4 Å². The number of carbonyl (C=O) groups excluding carboxylic acids is 1. The van der Waals surface area contributed by atoms with Gasteiger partial charge in [-0.3, -0.25) is 4.90 Å². The van der Waals surface area contributed by atoms with Gasteiger partial charge in [0.05, 0.1) is 7.11 Å². The van der Waals surface area contributed by atoms with Gasteiger partial charge >= 0.3 is 6.09 Å². The van der Waals surface area contributed by atoms with Crippen LogP contribution in [-0.2, 0) is 6.42 Å². The first-order valence-electron chi connectivity index (χ1n) is 7.56. The third-order valence-corrected chi connectivity index (χ3v) is 4.18. The number of halogens is 1. The summed E-state index contributed by atoms with van der Waals surface area (Å²) in [5.41, 5.74) is 9.10. The monoisotopic (exact) mass is 348 g/mol. The van der Waals surface area contributed by atoms with Crippen molar-refractivity contribution >= 4 is 24.2 Å². The third kappa shape index (κ3) is 3.63. The van der Waals surface area contributed by atoms with E-state index in [-0.39, 0.29) is 18.4 Å². The number of nitrogens with two attached hydrogens (primary N) is 1. The van der Waals surface area contributed by atoms with E-state index in [2.05, 4.69) is 0 Å². The summed E-state index contributed by atoms with van der Waals surface area (Å²) in [6.45, 7) is 0. The van der Waals surface area contributed by atoms with E-state index in [4.69, 9.17) is 15.2 Å². The first-order valence-corrected chi connectivity index (χ1v) is 7.56. The van der Waals surface area contributed by atoms with Crippen molar-refractivity contribution in [2.75, 3.05) is 19.1 Å². The Kier molecular flexibility index (Phi) is 5.70. The molecule has 0 bridgehead atoms. The normalized spacial score (nSPS) is 15.2. The maximum Gasteiger partial charge on any atom is 0.419 e. The number of anilines is 1. The molecular formula is C18H21ClN2O3. The Morgan fingerprint density at radius 2 is 1.83 bits per heavy atom. The molecule has 0 fully saturated rings. The summed E-state index contributed by atoms with van der Waals surface area (Å²) in [7, 11) is 3.27. The van der Waals surface area contributed by atoms with Crippen LogP contribution in [0, 0.1) is 0 Å². The first-order chi connectivity index (χ1) is 11.1. The summed E-state index contributed by atoms with van der Waals surface area (Å²) in [5, 5.41) is 0. The zero-order chi connectivity index (χ0) is 16.4. The first kappa shape index (κ1) is 18.1. The zero-order valence-corrected chi connectivity index (χ0v) is 14.5. The molecule has 24 heavy (non-hydrogen) atoms. The molecule has 2 aromatic carbocycles. The number of benzene rings is 2. The lowest BCUT2D eigenvalue weighted by Gasteiger charge is -2.17. The topological polar surface area (TPSA) is 64.8 Å². The van der Waals surface area contributed by atoms with Crippen LogP contribution >= 0.6 is 12.4 Å². The van der Waals surface area contributed by atoms with Crippen LogP contribution in [0.4, 0.5) is 10.5 Å². The van der Waals surface area contributed by atoms with Crippen LogP contribution in [0.2, 0.25) is 0 Å². The van der Waals surface area contributed by atoms with Gasteiger partial charge in [0.25, 0.3) is 0 Å². The second-order valence-electron chi connectivity index (χ2n) is 5.63. The van der Waals surface area contributed by atoms with Gasteiger partial charge < -0.3 is 15.2 Å². The molecule has 0 aliphatic heterocycles. The molecule has 0 heterocycles. The fourth-order valence-electron chi connectivity index (χ4n) is 2.76. The van der Waals surface area contributed by atoms with Gasteiger partial charge in [-0.2, -0.15) is 0 Å². The van der Waals surface area contributed by atoms with Gasteiger partial charge in [-0.25, -0.2) is 4.79 Å². The second-order valence-corrected chi connectivity index (χ2v) is 5.63. The number of aryl methyl sites for hydroxylation is 1. The molecule has 0 radical (unpaired) electrons. The number of ether oxygens (including phenoxy) is 2. The average Bonchev–Trinajstić information content (AvgIpc) is 2.95. The minimum Gasteiger partial charge on any atom is -0.497 e. The Bertz CT molecular complexity index is 719. The number of nitrogens with zero attached hydrogens (tertiary/aromatic N) is 1. The van der Waals surface area contributed by atoms with Gasteiger partial charge in [0.1, 0.15) is 11.5 Å². The second kappa shape index (κ2) is 7.55. The van der Waals surface area contributed by atoms with Crippen molar-refractivity contribution in [3.8, 4) is 11.5 Å². The number of amides is 1. The highest BCUT2D eigenvalue weighted by molar-refractivity contribution is 5.88. The van der Waals surface area contributed by atoms with Crippen molar-refractivity contribution < 1.29 is 14.3 Å². The van der Waals surface area contributed by atoms with Crippen LogP contribution < -0.4 is 20.1 Å². The summed E-state index contributed by atoms with van der Waals surface area (Å²) >= 11 is 0. The van der Waals surface area contributed by atoms with E-state index in [0.29, 0.717) is 5.75 Å². The largest absolute Gasteiger partial charge is 0.497 e. The standard InChI is InChI=1S/C18H20N2O3.ClH/c1-20(13-5-8-14(22-2)9-6-13)18(21)23-15-7-3-12-4-10-17(19)16(12)11-15;/h3,5-9,11,17H,4,10,19H2,1-2H3;1H. The molecule has 2 aromatic rings. The number of carbonyl (C=O) groups is 1. The molecule has 1 unspecified atom stereocenters. The van der Waals surface area contributed by atoms with E-state index in [9.17, 15) is 4.79 Å². The lowest BCUT2D eigenvalue weighted by atomic mass is 10.1. The molecule has 0 saturated carbocycles. The molecule has 1 atom stereocenters. The SMILES string of the molecule is COc1ccc(N(C)C(=O)Oc2ccc3c(c2)C(N)CC3)cc1.Cl. The summed E-state index contributed by atoms with van der Waals surface area (Å²) in [5.74, 6) is 1.26. The summed E-state index contributed by atoms with van der Waals surface area (Å²) in [6.07, 6.45) is 1.48. The van der Waals surface area contributed by atoms with Crippen LogP contribution in [0.3, 0.4) is 0 Å². The Morgan fingerprint density at radius 3 is 2.50 bits per heavy atom. The van der Waals surface area contributed by atoms with Crippen molar-refractivity contribution in [1.29, 1.82) is 0 Å². The van der Waals surface area contributed by atoms with Gasteiger partial charge in [-0.05, 0) is 60.4 Å². The van der Waals surface area contributed by atoms with E-state index in [0.717, 1.165) is 29.8 Å². The molecule has 5 nitrogen and oxygen atoms in total. The smallest absolute Gasteiger partial charge is 0.419 e. The number of hydrogen-bond donors (Lipinski definition) is 1.